The van der Waals surface area contributed by atoms with Gasteiger partial charge in [-0.2, -0.15) is 5.10 Å². The lowest BCUT2D eigenvalue weighted by atomic mass is 10.0. The van der Waals surface area contributed by atoms with Gasteiger partial charge in [-0.15, -0.1) is 0 Å². The largest absolute Gasteiger partial charge is 0.386 e. The highest BCUT2D eigenvalue weighted by atomic mass is 19.1. The second-order valence-electron chi connectivity index (χ2n) is 6.18. The highest BCUT2D eigenvalue weighted by molar-refractivity contribution is 5.74. The van der Waals surface area contributed by atoms with Gasteiger partial charge < -0.3 is 15.7 Å². The number of halogens is 1. The SMILES string of the molecule is Cn1cc([C@@H](O)CNC(=O)N[C@@H](c2ccc(F)cc2)C2CC2)cn1. The summed E-state index contributed by atoms with van der Waals surface area (Å²) in [5.41, 5.74) is 1.54. The molecule has 3 N–H and O–H groups in total. The van der Waals surface area contributed by atoms with Gasteiger partial charge in [-0.3, -0.25) is 4.68 Å². The first-order chi connectivity index (χ1) is 11.5. The summed E-state index contributed by atoms with van der Waals surface area (Å²) in [6.07, 6.45) is 4.54. The number of nitrogens with one attached hydrogen (secondary N) is 2. The standard InChI is InChI=1S/C17H21FN4O2/c1-22-10-13(8-20-22)15(23)9-19-17(24)21-16(11-2-3-11)12-4-6-14(18)7-5-12/h4-8,10-11,15-16,23H,2-3,9H2,1H3,(H2,19,21,24)/t15-,16+/m0/s1. The molecule has 2 amide bonds. The number of benzene rings is 1. The normalized spacial score (nSPS) is 16.5. The number of urea groups is 1. The highest BCUT2D eigenvalue weighted by Gasteiger charge is 2.33. The van der Waals surface area contributed by atoms with Crippen LogP contribution in [0.25, 0.3) is 0 Å². The van der Waals surface area contributed by atoms with Crippen LogP contribution in [0, 0.1) is 11.7 Å². The fraction of sp³-hybridized carbons (Fsp3) is 0.412. The molecule has 0 bridgehead atoms. The maximum atomic E-state index is 13.1. The zero-order valence-corrected chi connectivity index (χ0v) is 13.4. The van der Waals surface area contributed by atoms with E-state index in [1.54, 1.807) is 36.3 Å². The van der Waals surface area contributed by atoms with Crippen LogP contribution in [0.15, 0.2) is 36.7 Å². The van der Waals surface area contributed by atoms with E-state index >= 15 is 0 Å². The molecule has 1 aromatic heterocycles. The van der Waals surface area contributed by atoms with Crippen molar-refractivity contribution in [3.63, 3.8) is 0 Å². The Hall–Kier alpha value is -2.41. The Balaban J connectivity index is 1.55. The van der Waals surface area contributed by atoms with Crippen molar-refractivity contribution in [3.05, 3.63) is 53.6 Å². The summed E-state index contributed by atoms with van der Waals surface area (Å²) < 4.78 is 14.7. The van der Waals surface area contributed by atoms with Gasteiger partial charge in [0.05, 0.1) is 18.3 Å². The highest BCUT2D eigenvalue weighted by Crippen LogP contribution is 2.40. The van der Waals surface area contributed by atoms with Crippen LogP contribution in [0.1, 0.15) is 36.1 Å². The Morgan fingerprint density at radius 2 is 2.08 bits per heavy atom. The third kappa shape index (κ3) is 4.11. The smallest absolute Gasteiger partial charge is 0.315 e. The van der Waals surface area contributed by atoms with E-state index in [9.17, 15) is 14.3 Å². The first-order valence-electron chi connectivity index (χ1n) is 7.99. The summed E-state index contributed by atoms with van der Waals surface area (Å²) in [6.45, 7) is 0.0956. The first-order valence-corrected chi connectivity index (χ1v) is 7.99. The van der Waals surface area contributed by atoms with E-state index in [1.807, 2.05) is 0 Å². The van der Waals surface area contributed by atoms with Crippen LogP contribution < -0.4 is 10.6 Å². The summed E-state index contributed by atoms with van der Waals surface area (Å²) in [4.78, 5) is 12.1. The maximum absolute atomic E-state index is 13.1. The number of aliphatic hydroxyl groups excluding tert-OH is 1. The molecule has 1 saturated carbocycles. The second-order valence-corrected chi connectivity index (χ2v) is 6.18. The fourth-order valence-electron chi connectivity index (χ4n) is 2.68. The van der Waals surface area contributed by atoms with Gasteiger partial charge in [0.25, 0.3) is 0 Å². The monoisotopic (exact) mass is 332 g/mol. The van der Waals surface area contributed by atoms with E-state index in [2.05, 4.69) is 15.7 Å². The van der Waals surface area contributed by atoms with E-state index in [0.29, 0.717) is 11.5 Å². The predicted octanol–water partition coefficient (Wildman–Crippen LogP) is 2.04. The molecule has 0 unspecified atom stereocenters. The van der Waals surface area contributed by atoms with Crippen molar-refractivity contribution < 1.29 is 14.3 Å². The first kappa shape index (κ1) is 16.4. The van der Waals surface area contributed by atoms with Gasteiger partial charge in [0.2, 0.25) is 0 Å². The van der Waals surface area contributed by atoms with E-state index in [4.69, 9.17) is 0 Å². The van der Waals surface area contributed by atoms with Crippen molar-refractivity contribution in [1.82, 2.24) is 20.4 Å². The van der Waals surface area contributed by atoms with Crippen molar-refractivity contribution in [2.24, 2.45) is 13.0 Å². The molecule has 3 rings (SSSR count). The number of hydrogen-bond donors (Lipinski definition) is 3. The van der Waals surface area contributed by atoms with Gasteiger partial charge in [-0.05, 0) is 36.5 Å². The number of amides is 2. The number of aliphatic hydroxyl groups is 1. The molecule has 6 nitrogen and oxygen atoms in total. The molecule has 2 atom stereocenters. The van der Waals surface area contributed by atoms with Crippen LogP contribution in [0.5, 0.6) is 0 Å². The number of carbonyl (C=O) groups excluding carboxylic acids is 1. The summed E-state index contributed by atoms with van der Waals surface area (Å²) in [5.74, 6) is 0.0850. The number of aromatic nitrogens is 2. The zero-order valence-electron chi connectivity index (χ0n) is 13.4. The number of rotatable bonds is 6. The minimum Gasteiger partial charge on any atom is -0.386 e. The van der Waals surface area contributed by atoms with Gasteiger partial charge in [0, 0.05) is 25.4 Å². The molecule has 7 heteroatoms. The Morgan fingerprint density at radius 1 is 1.38 bits per heavy atom. The van der Waals surface area contributed by atoms with Gasteiger partial charge in [-0.25, -0.2) is 9.18 Å². The lowest BCUT2D eigenvalue weighted by Crippen LogP contribution is -2.40. The lowest BCUT2D eigenvalue weighted by Gasteiger charge is -2.20. The molecule has 0 radical (unpaired) electrons. The molecular weight excluding hydrogens is 311 g/mol. The Kier molecular flexibility index (Phi) is 4.80. The Morgan fingerprint density at radius 3 is 2.67 bits per heavy atom. The molecule has 24 heavy (non-hydrogen) atoms. The summed E-state index contributed by atoms with van der Waals surface area (Å²) in [7, 11) is 1.76. The molecular formula is C17H21FN4O2. The van der Waals surface area contributed by atoms with Crippen molar-refractivity contribution >= 4 is 6.03 Å². The van der Waals surface area contributed by atoms with Crippen LogP contribution >= 0.6 is 0 Å². The summed E-state index contributed by atoms with van der Waals surface area (Å²) in [5, 5.41) is 19.6. The topological polar surface area (TPSA) is 79.2 Å². The molecule has 0 aliphatic heterocycles. The van der Waals surface area contributed by atoms with Crippen LogP contribution in [0.2, 0.25) is 0 Å². The Labute approximate surface area is 139 Å². The van der Waals surface area contributed by atoms with Crippen molar-refractivity contribution in [3.8, 4) is 0 Å². The van der Waals surface area contributed by atoms with Gasteiger partial charge >= 0.3 is 6.03 Å². The molecule has 1 heterocycles. The van der Waals surface area contributed by atoms with E-state index in [1.165, 1.54) is 12.1 Å². The molecule has 0 spiro atoms. The molecule has 1 aromatic carbocycles. The maximum Gasteiger partial charge on any atom is 0.315 e. The molecule has 1 fully saturated rings. The van der Waals surface area contributed by atoms with Crippen molar-refractivity contribution in [1.29, 1.82) is 0 Å². The lowest BCUT2D eigenvalue weighted by molar-refractivity contribution is 0.172. The molecule has 0 saturated heterocycles. The summed E-state index contributed by atoms with van der Waals surface area (Å²) in [6, 6.07) is 5.71. The average molecular weight is 332 g/mol. The Bertz CT molecular complexity index is 697. The summed E-state index contributed by atoms with van der Waals surface area (Å²) >= 11 is 0. The predicted molar refractivity (Wildman–Crippen MR) is 86.6 cm³/mol. The van der Waals surface area contributed by atoms with Crippen molar-refractivity contribution in [2.75, 3.05) is 6.54 Å². The second kappa shape index (κ2) is 7.00. The van der Waals surface area contributed by atoms with Crippen LogP contribution in [0.3, 0.4) is 0 Å². The minimum atomic E-state index is -0.811. The van der Waals surface area contributed by atoms with Gasteiger partial charge in [0.1, 0.15) is 5.82 Å². The molecule has 1 aliphatic rings. The zero-order chi connectivity index (χ0) is 17.1. The van der Waals surface area contributed by atoms with E-state index in [0.717, 1.165) is 18.4 Å². The van der Waals surface area contributed by atoms with E-state index in [-0.39, 0.29) is 24.4 Å². The van der Waals surface area contributed by atoms with Crippen molar-refractivity contribution in [2.45, 2.75) is 25.0 Å². The molecule has 128 valence electrons. The van der Waals surface area contributed by atoms with Gasteiger partial charge in [0.15, 0.2) is 0 Å². The average Bonchev–Trinajstić information content (AvgIpc) is 3.32. The molecule has 1 aliphatic carbocycles. The number of hydrogen-bond acceptors (Lipinski definition) is 3. The van der Waals surface area contributed by atoms with Gasteiger partial charge in [-0.1, -0.05) is 12.1 Å². The number of carbonyl (C=O) groups is 1. The quantitative estimate of drug-likeness (QED) is 0.757. The number of nitrogens with zero attached hydrogens (tertiary/aromatic N) is 2. The molecule has 2 aromatic rings. The minimum absolute atomic E-state index is 0.0956. The third-order valence-corrected chi connectivity index (χ3v) is 4.17. The van der Waals surface area contributed by atoms with Crippen LogP contribution in [-0.2, 0) is 7.05 Å². The van der Waals surface area contributed by atoms with E-state index < -0.39 is 6.10 Å². The fourth-order valence-corrected chi connectivity index (χ4v) is 2.68. The van der Waals surface area contributed by atoms with Crippen LogP contribution in [0.4, 0.5) is 9.18 Å². The van der Waals surface area contributed by atoms with Crippen LogP contribution in [-0.4, -0.2) is 27.5 Å². The third-order valence-electron chi connectivity index (χ3n) is 4.17. The number of aryl methyl sites for hydroxylation is 1.